The van der Waals surface area contributed by atoms with Crippen molar-refractivity contribution in [1.29, 1.82) is 0 Å². The standard InChI is InChI=1S/C40H55N3O5/c1-29(9-8-13-39(46)43(23-24-47-3)22-7-6-10-33(45)28-44)31-15-14-30(2)32(25-31)26-42-40(19-20-40)37-27-41-21-18-35(37)36-11-4-5-12-38(36)48-34-16-17-34/h4-5,11-12,14-15,18,21,25,27,29,33-34,42,44-45H,6-10,13,16-17,19-20,22-24,26,28H2,1-3H3. The maximum absolute atomic E-state index is 13.1. The third-order valence-electron chi connectivity index (χ3n) is 10.0. The molecule has 8 nitrogen and oxygen atoms in total. The van der Waals surface area contributed by atoms with Crippen molar-refractivity contribution in [2.45, 2.75) is 108 Å². The van der Waals surface area contributed by atoms with Crippen LogP contribution in [0.1, 0.15) is 99.3 Å². The molecule has 2 saturated carbocycles. The molecule has 0 bridgehead atoms. The number of aryl methyl sites for hydroxylation is 1. The van der Waals surface area contributed by atoms with Crippen LogP contribution in [-0.4, -0.2) is 71.6 Å². The Morgan fingerprint density at radius 3 is 2.62 bits per heavy atom. The zero-order valence-corrected chi connectivity index (χ0v) is 29.1. The number of pyridine rings is 1. The highest BCUT2D eigenvalue weighted by Crippen LogP contribution is 2.50. The molecule has 1 heterocycles. The van der Waals surface area contributed by atoms with Crippen LogP contribution in [0, 0.1) is 6.92 Å². The third kappa shape index (κ3) is 9.88. The normalized spacial score (nSPS) is 16.4. The molecule has 0 saturated heterocycles. The molecule has 48 heavy (non-hydrogen) atoms. The SMILES string of the molecule is COCCN(CCCCC(O)CO)C(=O)CCCC(C)c1ccc(C)c(CNC2(c3cnccc3-c3ccccc3OC3CC3)CC2)c1. The lowest BCUT2D eigenvalue weighted by molar-refractivity contribution is -0.132. The van der Waals surface area contributed by atoms with E-state index in [4.69, 9.17) is 14.6 Å². The maximum atomic E-state index is 13.1. The van der Waals surface area contributed by atoms with Crippen molar-refractivity contribution in [1.82, 2.24) is 15.2 Å². The largest absolute Gasteiger partial charge is 0.490 e. The van der Waals surface area contributed by atoms with Gasteiger partial charge in [0.25, 0.3) is 0 Å². The van der Waals surface area contributed by atoms with Crippen molar-refractivity contribution in [2.24, 2.45) is 0 Å². The van der Waals surface area contributed by atoms with Crippen molar-refractivity contribution in [3.63, 3.8) is 0 Å². The maximum Gasteiger partial charge on any atom is 0.222 e. The third-order valence-corrected chi connectivity index (χ3v) is 10.0. The van der Waals surface area contributed by atoms with Crippen LogP contribution in [-0.2, 0) is 21.6 Å². The molecule has 1 aromatic heterocycles. The number of aliphatic hydroxyl groups excluding tert-OH is 2. The molecule has 5 rings (SSSR count). The number of rotatable bonds is 21. The second kappa shape index (κ2) is 17.4. The molecule has 3 aromatic rings. The quantitative estimate of drug-likeness (QED) is 0.110. The lowest BCUT2D eigenvalue weighted by atomic mass is 9.91. The van der Waals surface area contributed by atoms with Gasteiger partial charge < -0.3 is 29.9 Å². The number of amides is 1. The van der Waals surface area contributed by atoms with E-state index in [1.165, 1.54) is 27.8 Å². The average molecular weight is 658 g/mol. The van der Waals surface area contributed by atoms with Gasteiger partial charge >= 0.3 is 0 Å². The molecule has 260 valence electrons. The van der Waals surface area contributed by atoms with Crippen LogP contribution in [0.25, 0.3) is 11.1 Å². The van der Waals surface area contributed by atoms with Crippen LogP contribution >= 0.6 is 0 Å². The Hall–Kier alpha value is -3.30. The van der Waals surface area contributed by atoms with Crippen LogP contribution in [0.2, 0.25) is 0 Å². The summed E-state index contributed by atoms with van der Waals surface area (Å²) in [7, 11) is 1.65. The van der Waals surface area contributed by atoms with Gasteiger partial charge in [0, 0.05) is 56.7 Å². The minimum absolute atomic E-state index is 0.0992. The Kier molecular flexibility index (Phi) is 13.0. The molecule has 0 spiro atoms. The molecular formula is C40H55N3O5. The second-order valence-electron chi connectivity index (χ2n) is 13.9. The minimum atomic E-state index is -0.684. The summed E-state index contributed by atoms with van der Waals surface area (Å²) in [6, 6.07) is 17.3. The molecule has 2 aliphatic carbocycles. The Labute approximate surface area is 286 Å². The van der Waals surface area contributed by atoms with E-state index >= 15 is 0 Å². The second-order valence-corrected chi connectivity index (χ2v) is 13.9. The fraction of sp³-hybridized carbons (Fsp3) is 0.550. The van der Waals surface area contributed by atoms with Crippen LogP contribution in [0.5, 0.6) is 5.75 Å². The van der Waals surface area contributed by atoms with E-state index in [-0.39, 0.29) is 18.1 Å². The molecule has 3 N–H and O–H groups in total. The summed E-state index contributed by atoms with van der Waals surface area (Å²) in [5.41, 5.74) is 7.37. The van der Waals surface area contributed by atoms with E-state index < -0.39 is 6.10 Å². The van der Waals surface area contributed by atoms with Crippen molar-refractivity contribution < 1.29 is 24.5 Å². The fourth-order valence-electron chi connectivity index (χ4n) is 6.51. The van der Waals surface area contributed by atoms with Gasteiger partial charge in [-0.1, -0.05) is 43.3 Å². The van der Waals surface area contributed by atoms with Gasteiger partial charge in [0.15, 0.2) is 0 Å². The van der Waals surface area contributed by atoms with Gasteiger partial charge in [-0.25, -0.2) is 0 Å². The number of unbranched alkanes of at least 4 members (excludes halogenated alkanes) is 1. The summed E-state index contributed by atoms with van der Waals surface area (Å²) in [6.07, 6.45) is 12.4. The van der Waals surface area contributed by atoms with E-state index in [1.807, 2.05) is 17.3 Å². The zero-order valence-electron chi connectivity index (χ0n) is 29.1. The highest BCUT2D eigenvalue weighted by molar-refractivity contribution is 5.76. The molecule has 0 aliphatic heterocycles. The number of methoxy groups -OCH3 is 1. The van der Waals surface area contributed by atoms with Gasteiger partial charge in [0.2, 0.25) is 5.91 Å². The van der Waals surface area contributed by atoms with E-state index in [0.717, 1.165) is 69.2 Å². The molecular weight excluding hydrogens is 602 g/mol. The van der Waals surface area contributed by atoms with Crippen molar-refractivity contribution in [3.8, 4) is 16.9 Å². The van der Waals surface area contributed by atoms with Crippen LogP contribution in [0.3, 0.4) is 0 Å². The summed E-state index contributed by atoms with van der Waals surface area (Å²) in [5.74, 6) is 1.45. The highest BCUT2D eigenvalue weighted by Gasteiger charge is 2.46. The van der Waals surface area contributed by atoms with Crippen LogP contribution < -0.4 is 10.1 Å². The molecule has 2 unspecified atom stereocenters. The van der Waals surface area contributed by atoms with E-state index in [0.29, 0.717) is 44.6 Å². The van der Waals surface area contributed by atoms with Crippen LogP contribution in [0.4, 0.5) is 0 Å². The number of aliphatic hydroxyl groups is 2. The Balaban J connectivity index is 1.17. The summed E-state index contributed by atoms with van der Waals surface area (Å²) >= 11 is 0. The van der Waals surface area contributed by atoms with Gasteiger partial charge in [-0.3, -0.25) is 9.78 Å². The first-order chi connectivity index (χ1) is 23.3. The number of benzene rings is 2. The first-order valence-corrected chi connectivity index (χ1v) is 17.9. The number of ether oxygens (including phenoxy) is 2. The van der Waals surface area contributed by atoms with E-state index in [9.17, 15) is 9.90 Å². The number of aromatic nitrogens is 1. The first kappa shape index (κ1) is 36.0. The number of carbonyl (C=O) groups is 1. The van der Waals surface area contributed by atoms with Crippen molar-refractivity contribution >= 4 is 5.91 Å². The molecule has 2 fully saturated rings. The lowest BCUT2D eigenvalue weighted by Gasteiger charge is -2.24. The summed E-state index contributed by atoms with van der Waals surface area (Å²) in [6.45, 7) is 6.73. The molecule has 2 aliphatic rings. The van der Waals surface area contributed by atoms with Crippen LogP contribution in [0.15, 0.2) is 60.9 Å². The van der Waals surface area contributed by atoms with E-state index in [1.54, 1.807) is 7.11 Å². The Bertz CT molecular complexity index is 1470. The Morgan fingerprint density at radius 2 is 1.88 bits per heavy atom. The predicted molar refractivity (Wildman–Crippen MR) is 190 cm³/mol. The van der Waals surface area contributed by atoms with Crippen molar-refractivity contribution in [3.05, 3.63) is 83.2 Å². The molecule has 2 atom stereocenters. The first-order valence-electron chi connectivity index (χ1n) is 17.9. The van der Waals surface area contributed by atoms with Gasteiger partial charge in [0.05, 0.1) is 25.4 Å². The van der Waals surface area contributed by atoms with Gasteiger partial charge in [-0.2, -0.15) is 0 Å². The summed E-state index contributed by atoms with van der Waals surface area (Å²) in [5, 5.41) is 22.6. The molecule has 8 heteroatoms. The smallest absolute Gasteiger partial charge is 0.222 e. The molecule has 0 radical (unpaired) electrons. The number of hydrogen-bond acceptors (Lipinski definition) is 7. The monoisotopic (exact) mass is 657 g/mol. The number of hydrogen-bond donors (Lipinski definition) is 3. The number of nitrogens with zero attached hydrogens (tertiary/aromatic N) is 2. The topological polar surface area (TPSA) is 104 Å². The Morgan fingerprint density at radius 1 is 1.06 bits per heavy atom. The van der Waals surface area contributed by atoms with Crippen molar-refractivity contribution in [2.75, 3.05) is 33.4 Å². The number of nitrogens with one attached hydrogen (secondary N) is 1. The number of para-hydroxylation sites is 1. The summed E-state index contributed by atoms with van der Waals surface area (Å²) < 4.78 is 11.5. The minimum Gasteiger partial charge on any atom is -0.490 e. The number of carbonyl (C=O) groups excluding carboxylic acids is 1. The van der Waals surface area contributed by atoms with Gasteiger partial charge in [0.1, 0.15) is 5.75 Å². The molecule has 2 aromatic carbocycles. The van der Waals surface area contributed by atoms with Gasteiger partial charge in [-0.15, -0.1) is 0 Å². The fourth-order valence-corrected chi connectivity index (χ4v) is 6.51. The van der Waals surface area contributed by atoms with Gasteiger partial charge in [-0.05, 0) is 111 Å². The predicted octanol–water partition coefficient (Wildman–Crippen LogP) is 6.65. The zero-order chi connectivity index (χ0) is 33.9. The summed E-state index contributed by atoms with van der Waals surface area (Å²) in [4.78, 5) is 19.5. The highest BCUT2D eigenvalue weighted by atomic mass is 16.5. The lowest BCUT2D eigenvalue weighted by Crippen LogP contribution is -2.34. The average Bonchev–Trinajstić information content (AvgIpc) is 4.05. The van der Waals surface area contributed by atoms with E-state index in [2.05, 4.69) is 72.7 Å². The molecule has 1 amide bonds.